The van der Waals surface area contributed by atoms with Gasteiger partial charge in [0.1, 0.15) is 19.3 Å². The van der Waals surface area contributed by atoms with Crippen LogP contribution in [0.3, 0.4) is 0 Å². The summed E-state index contributed by atoms with van der Waals surface area (Å²) in [5.41, 5.74) is 7.54. The van der Waals surface area contributed by atoms with Crippen LogP contribution < -0.4 is 10.8 Å². The van der Waals surface area contributed by atoms with Gasteiger partial charge in [-0.05, 0) is 71.8 Å². The lowest BCUT2D eigenvalue weighted by atomic mass is 9.78. The zero-order chi connectivity index (χ0) is 25.0. The Morgan fingerprint density at radius 2 is 1.62 bits per heavy atom. The lowest BCUT2D eigenvalue weighted by molar-refractivity contribution is 0.321. The van der Waals surface area contributed by atoms with E-state index in [-0.39, 0.29) is 0 Å². The molecule has 3 aromatic heterocycles. The molecule has 182 valence electrons. The van der Waals surface area contributed by atoms with Crippen LogP contribution in [0.5, 0.6) is 0 Å². The lowest BCUT2D eigenvalue weighted by Crippen LogP contribution is -2.18. The number of hydrogen-bond acceptors (Lipinski definition) is 4. The van der Waals surface area contributed by atoms with Crippen LogP contribution in [0.1, 0.15) is 48.4 Å². The number of aromatic nitrogens is 4. The predicted octanol–water partition coefficient (Wildman–Crippen LogP) is 5.71. The second-order valence-electron chi connectivity index (χ2n) is 10.1. The van der Waals surface area contributed by atoms with Crippen LogP contribution in [0.15, 0.2) is 91.4 Å². The van der Waals surface area contributed by atoms with Crippen molar-refractivity contribution in [1.29, 1.82) is 0 Å². The summed E-state index contributed by atoms with van der Waals surface area (Å²) in [7, 11) is 6.22. The molecule has 1 aliphatic rings. The van der Waals surface area contributed by atoms with E-state index in [1.807, 2.05) is 12.3 Å². The number of hydrogen-bond donors (Lipinski definition) is 1. The third-order valence-electron chi connectivity index (χ3n) is 7.57. The number of nitrogens with zero attached hydrogens (tertiary/aromatic N) is 4. The molecular formula is C31H30BN5. The molecule has 1 saturated carbocycles. The molecule has 37 heavy (non-hydrogen) atoms. The minimum absolute atomic E-state index is 0.440. The SMILES string of the molecule is [B]c1cnn2c(NCc3cccnc3)cc(C3CCC(Cc4ccc(-c5ccccc5)cc4)CC3)nc12. The maximum Gasteiger partial charge on any atom is 0.150 e. The number of pyridine rings is 1. The van der Waals surface area contributed by atoms with E-state index in [9.17, 15) is 0 Å². The van der Waals surface area contributed by atoms with Gasteiger partial charge in [-0.1, -0.05) is 60.7 Å². The number of nitrogens with one attached hydrogen (secondary N) is 1. The molecule has 3 heterocycles. The Balaban J connectivity index is 1.12. The van der Waals surface area contributed by atoms with Crippen molar-refractivity contribution < 1.29 is 0 Å². The van der Waals surface area contributed by atoms with Gasteiger partial charge < -0.3 is 5.32 Å². The van der Waals surface area contributed by atoms with Crippen LogP contribution in [-0.2, 0) is 13.0 Å². The first kappa shape index (κ1) is 23.5. The molecule has 0 saturated heterocycles. The summed E-state index contributed by atoms with van der Waals surface area (Å²) in [6.45, 7) is 0.669. The van der Waals surface area contributed by atoms with E-state index in [0.717, 1.165) is 42.0 Å². The monoisotopic (exact) mass is 483 g/mol. The zero-order valence-electron chi connectivity index (χ0n) is 20.9. The van der Waals surface area contributed by atoms with Crippen molar-refractivity contribution in [2.75, 3.05) is 5.32 Å². The predicted molar refractivity (Wildman–Crippen MR) is 150 cm³/mol. The van der Waals surface area contributed by atoms with Crippen molar-refractivity contribution in [1.82, 2.24) is 19.6 Å². The summed E-state index contributed by atoms with van der Waals surface area (Å²) < 4.78 is 1.81. The molecule has 6 heteroatoms. The smallest absolute Gasteiger partial charge is 0.150 e. The largest absolute Gasteiger partial charge is 0.366 e. The van der Waals surface area contributed by atoms with Crippen LogP contribution in [0, 0.1) is 5.92 Å². The minimum atomic E-state index is 0.440. The lowest BCUT2D eigenvalue weighted by Gasteiger charge is -2.28. The van der Waals surface area contributed by atoms with E-state index >= 15 is 0 Å². The third-order valence-corrected chi connectivity index (χ3v) is 7.57. The summed E-state index contributed by atoms with van der Waals surface area (Å²) in [6.07, 6.45) is 11.2. The summed E-state index contributed by atoms with van der Waals surface area (Å²) >= 11 is 0. The fourth-order valence-electron chi connectivity index (χ4n) is 5.49. The molecule has 1 aliphatic carbocycles. The molecule has 6 rings (SSSR count). The van der Waals surface area contributed by atoms with E-state index in [1.54, 1.807) is 16.9 Å². The van der Waals surface area contributed by atoms with Gasteiger partial charge >= 0.3 is 0 Å². The highest BCUT2D eigenvalue weighted by molar-refractivity contribution is 6.36. The Kier molecular flexibility index (Phi) is 6.72. The van der Waals surface area contributed by atoms with Crippen LogP contribution >= 0.6 is 0 Å². The average Bonchev–Trinajstić information content (AvgIpc) is 3.34. The minimum Gasteiger partial charge on any atom is -0.366 e. The molecule has 0 bridgehead atoms. The molecule has 0 unspecified atom stereocenters. The highest BCUT2D eigenvalue weighted by Gasteiger charge is 2.25. The second kappa shape index (κ2) is 10.6. The second-order valence-corrected chi connectivity index (χ2v) is 10.1. The summed E-state index contributed by atoms with van der Waals surface area (Å²) in [6, 6.07) is 25.9. The maximum atomic E-state index is 6.22. The number of rotatable bonds is 7. The molecule has 2 aromatic carbocycles. The first-order valence-electron chi connectivity index (χ1n) is 13.1. The Bertz CT molecular complexity index is 1460. The normalized spacial score (nSPS) is 17.6. The molecule has 1 N–H and O–H groups in total. The average molecular weight is 483 g/mol. The fraction of sp³-hybridized carbons (Fsp3) is 0.258. The molecule has 0 amide bonds. The molecule has 5 aromatic rings. The molecule has 1 fully saturated rings. The molecule has 0 aliphatic heterocycles. The van der Waals surface area contributed by atoms with Gasteiger partial charge in [0.05, 0.1) is 0 Å². The fourth-order valence-corrected chi connectivity index (χ4v) is 5.49. The van der Waals surface area contributed by atoms with E-state index in [1.165, 1.54) is 29.5 Å². The van der Waals surface area contributed by atoms with Gasteiger partial charge in [0.25, 0.3) is 0 Å². The van der Waals surface area contributed by atoms with Gasteiger partial charge in [-0.3, -0.25) is 4.98 Å². The maximum absolute atomic E-state index is 6.22. The van der Waals surface area contributed by atoms with E-state index in [2.05, 4.69) is 82.1 Å². The Labute approximate surface area is 219 Å². The highest BCUT2D eigenvalue weighted by atomic mass is 15.3. The summed E-state index contributed by atoms with van der Waals surface area (Å²) in [5, 5.41) is 7.97. The molecule has 0 spiro atoms. The van der Waals surface area contributed by atoms with Crippen molar-refractivity contribution in [3.05, 3.63) is 108 Å². The van der Waals surface area contributed by atoms with Crippen LogP contribution in [0.4, 0.5) is 5.82 Å². The van der Waals surface area contributed by atoms with Crippen LogP contribution in [-0.4, -0.2) is 27.4 Å². The van der Waals surface area contributed by atoms with E-state index in [4.69, 9.17) is 12.8 Å². The van der Waals surface area contributed by atoms with Crippen molar-refractivity contribution in [3.63, 3.8) is 0 Å². The Morgan fingerprint density at radius 1 is 0.838 bits per heavy atom. The number of benzene rings is 2. The first-order valence-corrected chi connectivity index (χ1v) is 13.1. The van der Waals surface area contributed by atoms with Gasteiger partial charge in [0, 0.05) is 42.8 Å². The quantitative estimate of drug-likeness (QED) is 0.301. The van der Waals surface area contributed by atoms with Crippen molar-refractivity contribution in [2.45, 2.75) is 44.6 Å². The molecule has 0 atom stereocenters. The molecule has 2 radical (unpaired) electrons. The van der Waals surface area contributed by atoms with Gasteiger partial charge in [0.2, 0.25) is 0 Å². The summed E-state index contributed by atoms with van der Waals surface area (Å²) in [5.74, 6) is 2.07. The van der Waals surface area contributed by atoms with Crippen molar-refractivity contribution in [2.24, 2.45) is 5.92 Å². The summed E-state index contributed by atoms with van der Waals surface area (Å²) in [4.78, 5) is 9.16. The van der Waals surface area contributed by atoms with Gasteiger partial charge in [0.15, 0.2) is 0 Å². The topological polar surface area (TPSA) is 55.1 Å². The van der Waals surface area contributed by atoms with Crippen LogP contribution in [0.25, 0.3) is 16.8 Å². The van der Waals surface area contributed by atoms with E-state index in [0.29, 0.717) is 23.8 Å². The van der Waals surface area contributed by atoms with Crippen LogP contribution in [0.2, 0.25) is 0 Å². The number of anilines is 1. The van der Waals surface area contributed by atoms with Gasteiger partial charge in [-0.15, -0.1) is 0 Å². The zero-order valence-corrected chi connectivity index (χ0v) is 20.9. The van der Waals surface area contributed by atoms with Gasteiger partial charge in [-0.2, -0.15) is 9.61 Å². The Morgan fingerprint density at radius 3 is 2.38 bits per heavy atom. The molecular weight excluding hydrogens is 453 g/mol. The molecule has 5 nitrogen and oxygen atoms in total. The van der Waals surface area contributed by atoms with Crippen molar-refractivity contribution >= 4 is 24.8 Å². The number of fused-ring (bicyclic) bond motifs is 1. The first-order chi connectivity index (χ1) is 18.2. The van der Waals surface area contributed by atoms with Gasteiger partial charge in [-0.25, -0.2) is 4.98 Å². The van der Waals surface area contributed by atoms with E-state index < -0.39 is 0 Å². The standard InChI is InChI=1S/C31H30BN5/c32-28-21-35-37-30(34-20-24-5-4-16-33-19-24)18-29(36-31(28)37)27-14-10-23(11-15-27)17-22-8-12-26(13-9-22)25-6-2-1-3-7-25/h1-9,12-13,16,18-19,21,23,27,34H,10-11,14-15,17,20H2. The third kappa shape index (κ3) is 5.29. The Hall–Kier alpha value is -3.93. The van der Waals surface area contributed by atoms with Crippen molar-refractivity contribution in [3.8, 4) is 11.1 Å². The highest BCUT2D eigenvalue weighted by Crippen LogP contribution is 2.37.